The number of ether oxygens (including phenoxy) is 2. The quantitative estimate of drug-likeness (QED) is 0.599. The van der Waals surface area contributed by atoms with Crippen molar-refractivity contribution in [3.05, 3.63) is 23.8 Å². The molecule has 1 aromatic carbocycles. The highest BCUT2D eigenvalue weighted by molar-refractivity contribution is 7.89. The molecule has 0 spiro atoms. The van der Waals surface area contributed by atoms with Gasteiger partial charge in [-0.3, -0.25) is 4.79 Å². The molecular formula is C25H39N3O5S. The molecule has 1 saturated heterocycles. The second-order valence-corrected chi connectivity index (χ2v) is 12.8. The Morgan fingerprint density at radius 1 is 1.26 bits per heavy atom. The van der Waals surface area contributed by atoms with Crippen molar-refractivity contribution in [3.8, 4) is 0 Å². The van der Waals surface area contributed by atoms with Crippen LogP contribution in [0, 0.1) is 16.7 Å². The molecule has 1 aromatic rings. The van der Waals surface area contributed by atoms with Crippen molar-refractivity contribution in [3.63, 3.8) is 0 Å². The van der Waals surface area contributed by atoms with E-state index >= 15 is 0 Å². The topological polar surface area (TPSA) is 88.2 Å². The third kappa shape index (κ3) is 4.47. The van der Waals surface area contributed by atoms with Crippen molar-refractivity contribution in [2.75, 3.05) is 58.5 Å². The van der Waals surface area contributed by atoms with Crippen molar-refractivity contribution in [2.24, 2.45) is 16.7 Å². The molecule has 1 amide bonds. The summed E-state index contributed by atoms with van der Waals surface area (Å²) >= 11 is 0. The number of carbonyl (C=O) groups excluding carboxylic acids is 1. The number of carbonyl (C=O) groups is 1. The van der Waals surface area contributed by atoms with Crippen LogP contribution >= 0.6 is 0 Å². The number of morpholine rings is 1. The molecule has 0 aromatic heterocycles. The molecule has 3 aliphatic rings. The predicted octanol–water partition coefficient (Wildman–Crippen LogP) is 2.73. The molecule has 3 fully saturated rings. The van der Waals surface area contributed by atoms with Gasteiger partial charge in [0.1, 0.15) is 4.90 Å². The fourth-order valence-corrected chi connectivity index (χ4v) is 8.00. The lowest BCUT2D eigenvalue weighted by molar-refractivity contribution is 0.0728. The molecule has 1 unspecified atom stereocenters. The Bertz CT molecular complexity index is 1020. The fourth-order valence-electron chi connectivity index (χ4n) is 6.33. The first-order valence-electron chi connectivity index (χ1n) is 12.2. The molecule has 2 saturated carbocycles. The summed E-state index contributed by atoms with van der Waals surface area (Å²) in [6.45, 7) is 9.09. The van der Waals surface area contributed by atoms with Crippen molar-refractivity contribution in [2.45, 2.75) is 51.0 Å². The third-order valence-electron chi connectivity index (χ3n) is 8.40. The van der Waals surface area contributed by atoms with Gasteiger partial charge in [0, 0.05) is 45.4 Å². The maximum Gasteiger partial charge on any atom is 0.251 e. The van der Waals surface area contributed by atoms with Crippen LogP contribution in [-0.2, 0) is 19.5 Å². The summed E-state index contributed by atoms with van der Waals surface area (Å²) in [6, 6.07) is 5.08. The zero-order valence-corrected chi connectivity index (χ0v) is 21.9. The molecule has 1 N–H and O–H groups in total. The van der Waals surface area contributed by atoms with Gasteiger partial charge in [-0.05, 0) is 54.2 Å². The largest absolute Gasteiger partial charge is 0.383 e. The molecule has 4 rings (SSSR count). The van der Waals surface area contributed by atoms with Crippen LogP contribution in [0.4, 0.5) is 5.69 Å². The summed E-state index contributed by atoms with van der Waals surface area (Å²) in [5.41, 5.74) is 1.05. The summed E-state index contributed by atoms with van der Waals surface area (Å²) in [6.07, 6.45) is 3.46. The van der Waals surface area contributed by atoms with Crippen LogP contribution in [0.25, 0.3) is 0 Å². The van der Waals surface area contributed by atoms with E-state index in [2.05, 4.69) is 26.1 Å². The molecule has 2 aliphatic carbocycles. The third-order valence-corrected chi connectivity index (χ3v) is 10.3. The van der Waals surface area contributed by atoms with Crippen LogP contribution in [0.5, 0.6) is 0 Å². The minimum Gasteiger partial charge on any atom is -0.383 e. The number of rotatable bonds is 8. The highest BCUT2D eigenvalue weighted by atomic mass is 32.2. The second kappa shape index (κ2) is 9.41. The van der Waals surface area contributed by atoms with Crippen molar-refractivity contribution < 1.29 is 22.7 Å². The Balaban J connectivity index is 1.66. The van der Waals surface area contributed by atoms with Gasteiger partial charge in [0.2, 0.25) is 10.0 Å². The smallest absolute Gasteiger partial charge is 0.251 e. The van der Waals surface area contributed by atoms with E-state index in [1.807, 2.05) is 11.9 Å². The average Bonchev–Trinajstić information content (AvgIpc) is 3.31. The number of nitrogens with one attached hydrogen (secondary N) is 1. The standard InChI is InChI=1S/C25H39N3O5S/c1-24(2)19-8-9-25(3,17-19)23(24)26-22(29)18-6-7-20(27(4)10-13-32-5)21(16-18)34(30,31)28-11-14-33-15-12-28/h6-7,16,19,23H,8-15,17H2,1-5H3,(H,26,29)/t19-,23?,25-/m0/s1. The number of sulfonamides is 1. The first-order valence-corrected chi connectivity index (χ1v) is 13.7. The lowest BCUT2D eigenvalue weighted by Crippen LogP contribution is -2.52. The molecule has 2 bridgehead atoms. The van der Waals surface area contributed by atoms with Gasteiger partial charge in [-0.1, -0.05) is 20.8 Å². The molecule has 34 heavy (non-hydrogen) atoms. The average molecular weight is 494 g/mol. The minimum absolute atomic E-state index is 0.0195. The molecule has 9 heteroatoms. The van der Waals surface area contributed by atoms with Crippen LogP contribution in [-0.4, -0.2) is 78.3 Å². The van der Waals surface area contributed by atoms with Crippen molar-refractivity contribution in [1.29, 1.82) is 0 Å². The highest BCUT2D eigenvalue weighted by Gasteiger charge is 2.59. The maximum atomic E-state index is 13.6. The molecule has 3 atom stereocenters. The van der Waals surface area contributed by atoms with E-state index in [9.17, 15) is 13.2 Å². The van der Waals surface area contributed by atoms with E-state index in [0.717, 1.165) is 12.8 Å². The first-order chi connectivity index (χ1) is 16.0. The van der Waals surface area contributed by atoms with E-state index < -0.39 is 10.0 Å². The number of anilines is 1. The normalized spacial score (nSPS) is 28.7. The highest BCUT2D eigenvalue weighted by Crippen LogP contribution is 2.62. The van der Waals surface area contributed by atoms with E-state index in [4.69, 9.17) is 9.47 Å². The minimum atomic E-state index is -3.80. The summed E-state index contributed by atoms with van der Waals surface area (Å²) in [7, 11) is -0.345. The van der Waals surface area contributed by atoms with Crippen LogP contribution in [0.1, 0.15) is 50.4 Å². The molecule has 8 nitrogen and oxygen atoms in total. The SMILES string of the molecule is COCCN(C)c1ccc(C(=O)NC2C(C)(C)[C@H]3CC[C@@]2(C)C3)cc1S(=O)(=O)N1CCOCC1. The Hall–Kier alpha value is -1.68. The number of fused-ring (bicyclic) bond motifs is 2. The van der Waals surface area contributed by atoms with E-state index in [-0.39, 0.29) is 27.7 Å². The Morgan fingerprint density at radius 3 is 2.59 bits per heavy atom. The molecule has 190 valence electrons. The Labute approximate surface area is 204 Å². The van der Waals surface area contributed by atoms with Crippen molar-refractivity contribution >= 4 is 21.6 Å². The number of hydrogen-bond acceptors (Lipinski definition) is 6. The van der Waals surface area contributed by atoms with Crippen LogP contribution in [0.2, 0.25) is 0 Å². The van der Waals surface area contributed by atoms with E-state index in [0.29, 0.717) is 56.6 Å². The van der Waals surface area contributed by atoms with E-state index in [1.54, 1.807) is 25.3 Å². The lowest BCUT2D eigenvalue weighted by atomic mass is 9.68. The number of nitrogens with zero attached hydrogens (tertiary/aromatic N) is 2. The van der Waals surface area contributed by atoms with Gasteiger partial charge in [0.15, 0.2) is 0 Å². The van der Waals surface area contributed by atoms with Crippen LogP contribution < -0.4 is 10.2 Å². The van der Waals surface area contributed by atoms with Crippen molar-refractivity contribution in [1.82, 2.24) is 9.62 Å². The summed E-state index contributed by atoms with van der Waals surface area (Å²) < 4.78 is 39.3. The van der Waals surface area contributed by atoms with E-state index in [1.165, 1.54) is 10.7 Å². The summed E-state index contributed by atoms with van der Waals surface area (Å²) in [4.78, 5) is 15.5. The molecular weight excluding hydrogens is 454 g/mol. The van der Waals surface area contributed by atoms with Gasteiger partial charge in [0.25, 0.3) is 5.91 Å². The zero-order valence-electron chi connectivity index (χ0n) is 21.1. The first kappa shape index (κ1) is 25.4. The summed E-state index contributed by atoms with van der Waals surface area (Å²) in [5, 5.41) is 3.30. The Kier molecular flexibility index (Phi) is 7.03. The number of likely N-dealkylation sites (N-methyl/N-ethyl adjacent to an activating group) is 1. The van der Waals surface area contributed by atoms with Gasteiger partial charge in [-0.2, -0.15) is 4.31 Å². The van der Waals surface area contributed by atoms with Crippen LogP contribution in [0.3, 0.4) is 0 Å². The molecule has 1 aliphatic heterocycles. The number of methoxy groups -OCH3 is 1. The Morgan fingerprint density at radius 2 is 1.97 bits per heavy atom. The molecule has 0 radical (unpaired) electrons. The number of amides is 1. The number of benzene rings is 1. The lowest BCUT2D eigenvalue weighted by Gasteiger charge is -2.43. The maximum absolute atomic E-state index is 13.6. The second-order valence-electron chi connectivity index (χ2n) is 10.9. The van der Waals surface area contributed by atoms with Gasteiger partial charge in [0.05, 0.1) is 25.5 Å². The predicted molar refractivity (Wildman–Crippen MR) is 132 cm³/mol. The number of hydrogen-bond donors (Lipinski definition) is 1. The molecule has 1 heterocycles. The van der Waals surface area contributed by atoms with Gasteiger partial charge < -0.3 is 19.7 Å². The monoisotopic (exact) mass is 493 g/mol. The van der Waals surface area contributed by atoms with Gasteiger partial charge in [-0.25, -0.2) is 8.42 Å². The van der Waals surface area contributed by atoms with Crippen LogP contribution in [0.15, 0.2) is 23.1 Å². The fraction of sp³-hybridized carbons (Fsp3) is 0.720. The van der Waals surface area contributed by atoms with Gasteiger partial charge in [-0.15, -0.1) is 0 Å². The zero-order chi connectivity index (χ0) is 24.7. The van der Waals surface area contributed by atoms with Gasteiger partial charge >= 0.3 is 0 Å². The summed E-state index contributed by atoms with van der Waals surface area (Å²) in [5.74, 6) is 0.397.